The maximum absolute atomic E-state index is 16.9. The van der Waals surface area contributed by atoms with Crippen LogP contribution in [0.15, 0.2) is 48.3 Å². The SMILES string of the molecule is C=CC(=O)N1CC2CCc3c(c4cc(F)c(-c5c(C)ccc6[nH]cnc56)c(Cl)c4n(-c4c(C(C)C)ncnc4C(C)C)c3=O)N2CC1C. The molecule has 2 aliphatic rings. The summed E-state index contributed by atoms with van der Waals surface area (Å²) in [5, 5.41) is 0.656. The number of nitrogens with zero attached hydrogens (tertiary/aromatic N) is 6. The molecular weight excluding hydrogens is 629 g/mol. The summed E-state index contributed by atoms with van der Waals surface area (Å²) < 4.78 is 18.6. The Bertz CT molecular complexity index is 2180. The zero-order valence-corrected chi connectivity index (χ0v) is 28.8. The predicted octanol–water partition coefficient (Wildman–Crippen LogP) is 7.21. The third kappa shape index (κ3) is 4.75. The zero-order chi connectivity index (χ0) is 34.2. The summed E-state index contributed by atoms with van der Waals surface area (Å²) in [4.78, 5) is 48.9. The quantitative estimate of drug-likeness (QED) is 0.199. The second-order valence-electron chi connectivity index (χ2n) is 13.7. The van der Waals surface area contributed by atoms with Gasteiger partial charge in [0.05, 0.1) is 50.7 Å². The Morgan fingerprint density at radius 2 is 1.79 bits per heavy atom. The number of nitrogens with one attached hydrogen (secondary N) is 1. The molecule has 1 N–H and O–H groups in total. The van der Waals surface area contributed by atoms with Crippen molar-refractivity contribution in [2.75, 3.05) is 18.0 Å². The molecule has 2 aromatic carbocycles. The number of benzene rings is 2. The Kier molecular flexibility index (Phi) is 7.89. The molecule has 9 nitrogen and oxygen atoms in total. The Balaban J connectivity index is 1.63. The molecule has 1 saturated heterocycles. The first-order valence-corrected chi connectivity index (χ1v) is 16.9. The summed E-state index contributed by atoms with van der Waals surface area (Å²) in [5.41, 5.74) is 6.35. The normalized spacial score (nSPS) is 17.8. The molecule has 0 aliphatic carbocycles. The average Bonchev–Trinajstić information content (AvgIpc) is 3.54. The van der Waals surface area contributed by atoms with E-state index in [0.717, 1.165) is 11.1 Å². The van der Waals surface area contributed by atoms with Crippen molar-refractivity contribution in [3.8, 4) is 16.8 Å². The topological polar surface area (TPSA) is 100 Å². The van der Waals surface area contributed by atoms with E-state index in [4.69, 9.17) is 11.6 Å². The molecule has 48 heavy (non-hydrogen) atoms. The van der Waals surface area contributed by atoms with Gasteiger partial charge in [-0.05, 0) is 62.3 Å². The van der Waals surface area contributed by atoms with Crippen molar-refractivity contribution in [3.63, 3.8) is 0 Å². The number of H-pyrrole nitrogens is 1. The molecule has 1 amide bonds. The summed E-state index contributed by atoms with van der Waals surface area (Å²) in [6, 6.07) is 5.12. The van der Waals surface area contributed by atoms with Gasteiger partial charge in [0.2, 0.25) is 5.91 Å². The number of pyridine rings is 1. The number of rotatable bonds is 5. The highest BCUT2D eigenvalue weighted by atomic mass is 35.5. The molecule has 11 heteroatoms. The lowest BCUT2D eigenvalue weighted by molar-refractivity contribution is -0.129. The number of halogens is 2. The highest BCUT2D eigenvalue weighted by Gasteiger charge is 2.40. The van der Waals surface area contributed by atoms with Crippen molar-refractivity contribution in [1.82, 2.24) is 29.4 Å². The molecule has 0 bridgehead atoms. The fourth-order valence-corrected chi connectivity index (χ4v) is 8.07. The van der Waals surface area contributed by atoms with Gasteiger partial charge in [0.1, 0.15) is 12.1 Å². The lowest BCUT2D eigenvalue weighted by Gasteiger charge is -2.49. The fraction of sp³-hybridized carbons (Fsp3) is 0.378. The number of hydrogen-bond acceptors (Lipinski definition) is 6. The maximum atomic E-state index is 16.9. The first kappa shape index (κ1) is 32.0. The van der Waals surface area contributed by atoms with Gasteiger partial charge < -0.3 is 14.8 Å². The average molecular weight is 668 g/mol. The smallest absolute Gasteiger partial charge is 0.261 e. The first-order valence-electron chi connectivity index (χ1n) is 16.5. The Morgan fingerprint density at radius 3 is 2.46 bits per heavy atom. The Labute approximate surface area is 283 Å². The molecule has 5 aromatic rings. The minimum atomic E-state index is -0.508. The molecule has 0 radical (unpaired) electrons. The van der Waals surface area contributed by atoms with Crippen molar-refractivity contribution < 1.29 is 9.18 Å². The van der Waals surface area contributed by atoms with Crippen LogP contribution in [0.4, 0.5) is 10.1 Å². The number of aryl methyl sites for hydroxylation is 1. The minimum Gasteiger partial charge on any atom is -0.364 e. The second-order valence-corrected chi connectivity index (χ2v) is 14.0. The van der Waals surface area contributed by atoms with Crippen LogP contribution in [0.25, 0.3) is 38.8 Å². The summed E-state index contributed by atoms with van der Waals surface area (Å²) in [6.07, 6.45) is 5.59. The van der Waals surface area contributed by atoms with Crippen LogP contribution in [0, 0.1) is 12.7 Å². The standard InChI is InChI=1S/C37H39ClFN7O2/c1-8-27(47)44-15-22-10-11-23-34(45(22)14-21(44)7)24-13-25(39)29(28-20(6)9-12-26-33(28)43-16-40-26)30(38)35(24)46(37(23)48)36-31(18(2)3)41-17-42-32(36)19(4)5/h8-9,12-13,16-19,21-22H,1,10-11,14-15H2,2-7H3,(H,40,43). The van der Waals surface area contributed by atoms with E-state index < -0.39 is 5.82 Å². The Morgan fingerprint density at radius 1 is 1.08 bits per heavy atom. The molecule has 248 valence electrons. The highest BCUT2D eigenvalue weighted by Crippen LogP contribution is 2.46. The van der Waals surface area contributed by atoms with Gasteiger partial charge in [0, 0.05) is 47.2 Å². The molecule has 5 heterocycles. The van der Waals surface area contributed by atoms with Gasteiger partial charge >= 0.3 is 0 Å². The van der Waals surface area contributed by atoms with Gasteiger partial charge in [-0.15, -0.1) is 0 Å². The second kappa shape index (κ2) is 11.8. The number of carbonyl (C=O) groups excluding carboxylic acids is 1. The van der Waals surface area contributed by atoms with E-state index in [2.05, 4.69) is 31.4 Å². The number of fused-ring (bicyclic) bond motifs is 6. The van der Waals surface area contributed by atoms with Gasteiger partial charge in [-0.2, -0.15) is 0 Å². The minimum absolute atomic E-state index is 0.0436. The van der Waals surface area contributed by atoms with Crippen LogP contribution in [-0.2, 0) is 11.2 Å². The van der Waals surface area contributed by atoms with Crippen LogP contribution in [-0.4, -0.2) is 60.5 Å². The van der Waals surface area contributed by atoms with Crippen molar-refractivity contribution >= 4 is 45.1 Å². The largest absolute Gasteiger partial charge is 0.364 e. The molecule has 2 aliphatic heterocycles. The van der Waals surface area contributed by atoms with Crippen LogP contribution >= 0.6 is 11.6 Å². The summed E-state index contributed by atoms with van der Waals surface area (Å²) in [6.45, 7) is 16.7. The van der Waals surface area contributed by atoms with E-state index >= 15 is 9.18 Å². The third-order valence-electron chi connectivity index (χ3n) is 9.98. The van der Waals surface area contributed by atoms with E-state index in [9.17, 15) is 4.79 Å². The number of aromatic nitrogens is 5. The number of anilines is 1. The van der Waals surface area contributed by atoms with Crippen molar-refractivity contribution in [2.24, 2.45) is 0 Å². The maximum Gasteiger partial charge on any atom is 0.261 e. The number of carbonyl (C=O) groups is 1. The number of hydrogen-bond donors (Lipinski definition) is 1. The number of imidazole rings is 1. The van der Waals surface area contributed by atoms with Gasteiger partial charge in [0.25, 0.3) is 5.56 Å². The Hall–Kier alpha value is -4.57. The van der Waals surface area contributed by atoms with Crippen LogP contribution < -0.4 is 10.5 Å². The van der Waals surface area contributed by atoms with Crippen LogP contribution in [0.5, 0.6) is 0 Å². The predicted molar refractivity (Wildman–Crippen MR) is 189 cm³/mol. The molecular formula is C37H39ClFN7O2. The van der Waals surface area contributed by atoms with Gasteiger partial charge in [-0.1, -0.05) is 51.9 Å². The van der Waals surface area contributed by atoms with Crippen LogP contribution in [0.1, 0.15) is 75.4 Å². The van der Waals surface area contributed by atoms with Crippen molar-refractivity contribution in [3.05, 3.63) is 87.2 Å². The van der Waals surface area contributed by atoms with E-state index in [1.807, 2.05) is 58.6 Å². The lowest BCUT2D eigenvalue weighted by Crippen LogP contribution is -2.60. The molecule has 2 atom stereocenters. The van der Waals surface area contributed by atoms with Crippen LogP contribution in [0.3, 0.4) is 0 Å². The molecule has 2 unspecified atom stereocenters. The highest BCUT2D eigenvalue weighted by molar-refractivity contribution is 6.39. The van der Waals surface area contributed by atoms with Gasteiger partial charge in [-0.25, -0.2) is 19.3 Å². The summed E-state index contributed by atoms with van der Waals surface area (Å²) in [5.74, 6) is -0.719. The van der Waals surface area contributed by atoms with E-state index in [-0.39, 0.29) is 46.0 Å². The molecule has 0 saturated carbocycles. The third-order valence-corrected chi connectivity index (χ3v) is 10.3. The van der Waals surface area contributed by atoms with E-state index in [1.165, 1.54) is 12.1 Å². The first-order chi connectivity index (χ1) is 22.9. The number of amides is 1. The van der Waals surface area contributed by atoms with Crippen LogP contribution in [0.2, 0.25) is 5.02 Å². The summed E-state index contributed by atoms with van der Waals surface area (Å²) in [7, 11) is 0. The van der Waals surface area contributed by atoms with Gasteiger partial charge in [0.15, 0.2) is 0 Å². The van der Waals surface area contributed by atoms with E-state index in [1.54, 1.807) is 17.2 Å². The number of aromatic amines is 1. The van der Waals surface area contributed by atoms with Crippen molar-refractivity contribution in [1.29, 1.82) is 0 Å². The molecule has 0 spiro atoms. The van der Waals surface area contributed by atoms with E-state index in [0.29, 0.717) is 76.2 Å². The summed E-state index contributed by atoms with van der Waals surface area (Å²) >= 11 is 7.48. The zero-order valence-electron chi connectivity index (χ0n) is 28.1. The van der Waals surface area contributed by atoms with Gasteiger partial charge in [-0.3, -0.25) is 14.2 Å². The molecule has 7 rings (SSSR count). The van der Waals surface area contributed by atoms with Crippen molar-refractivity contribution in [2.45, 2.75) is 78.3 Å². The number of piperazine rings is 1. The lowest BCUT2D eigenvalue weighted by atomic mass is 9.89. The molecule has 1 fully saturated rings. The monoisotopic (exact) mass is 667 g/mol. The molecule has 3 aromatic heterocycles. The fourth-order valence-electron chi connectivity index (χ4n) is 7.70.